The highest BCUT2D eigenvalue weighted by atomic mass is 31.2. The molecule has 0 aromatic carbocycles. The first kappa shape index (κ1) is 16.9. The third-order valence-corrected chi connectivity index (χ3v) is 3.12. The van der Waals surface area contributed by atoms with Crippen molar-refractivity contribution in [3.05, 3.63) is 0 Å². The minimum absolute atomic E-state index is 0.828. The summed E-state index contributed by atoms with van der Waals surface area (Å²) in [7, 11) is -3.61. The normalized spacial score (nSPS) is 38.2. The molecule has 1 fully saturated rings. The minimum atomic E-state index is -4.78. The Morgan fingerprint density at radius 2 is 1.79 bits per heavy atom. The Morgan fingerprint density at radius 3 is 2.26 bits per heavy atom. The zero-order valence-electron chi connectivity index (χ0n) is 9.93. The molecule has 11 heteroatoms. The van der Waals surface area contributed by atoms with Crippen LogP contribution in [0.4, 0.5) is 0 Å². The maximum absolute atomic E-state index is 10.5. The van der Waals surface area contributed by atoms with E-state index in [0.29, 0.717) is 0 Å². The Balaban J connectivity index is 2.67. The van der Waals surface area contributed by atoms with Crippen LogP contribution >= 0.6 is 7.82 Å². The first-order chi connectivity index (χ1) is 8.67. The van der Waals surface area contributed by atoms with Gasteiger partial charge < -0.3 is 39.7 Å². The number of hydrogen-bond donors (Lipinski definition) is 6. The summed E-state index contributed by atoms with van der Waals surface area (Å²) in [5, 5.41) is 38.2. The fourth-order valence-electron chi connectivity index (χ4n) is 1.65. The first-order valence-electron chi connectivity index (χ1n) is 5.28. The summed E-state index contributed by atoms with van der Waals surface area (Å²) >= 11 is 0. The van der Waals surface area contributed by atoms with E-state index in [1.54, 1.807) is 0 Å². The number of aliphatic hydroxyl groups is 4. The molecule has 0 saturated carbocycles. The van der Waals surface area contributed by atoms with Gasteiger partial charge in [-0.15, -0.1) is 0 Å². The van der Waals surface area contributed by atoms with Crippen molar-refractivity contribution >= 4 is 7.82 Å². The number of rotatable bonds is 5. The van der Waals surface area contributed by atoms with Gasteiger partial charge in [0.2, 0.25) is 0 Å². The lowest BCUT2D eigenvalue weighted by Gasteiger charge is -2.41. The van der Waals surface area contributed by atoms with Gasteiger partial charge in [-0.05, 0) is 0 Å². The van der Waals surface area contributed by atoms with Gasteiger partial charge in [-0.1, -0.05) is 0 Å². The average molecular weight is 304 g/mol. The number of phosphoric acid groups is 1. The van der Waals surface area contributed by atoms with Crippen molar-refractivity contribution in [1.29, 1.82) is 0 Å². The highest BCUT2D eigenvalue weighted by Crippen LogP contribution is 2.36. The van der Waals surface area contributed by atoms with Gasteiger partial charge >= 0.3 is 7.82 Å². The molecule has 10 nitrogen and oxygen atoms in total. The molecule has 1 aliphatic rings. The van der Waals surface area contributed by atoms with E-state index in [-0.39, 0.29) is 0 Å². The van der Waals surface area contributed by atoms with Crippen LogP contribution in [0.5, 0.6) is 0 Å². The molecule has 1 aliphatic heterocycles. The molecular formula is C8H17O10P. The van der Waals surface area contributed by atoms with Crippen molar-refractivity contribution in [3.63, 3.8) is 0 Å². The van der Waals surface area contributed by atoms with Gasteiger partial charge in [0.05, 0.1) is 6.61 Å². The summed E-state index contributed by atoms with van der Waals surface area (Å²) in [5.74, 6) is 0. The van der Waals surface area contributed by atoms with E-state index < -0.39 is 51.2 Å². The van der Waals surface area contributed by atoms with Crippen LogP contribution in [0.15, 0.2) is 0 Å². The number of hydrogen-bond acceptors (Lipinski definition) is 8. The average Bonchev–Trinajstić information content (AvgIpc) is 2.33. The molecule has 114 valence electrons. The lowest BCUT2D eigenvalue weighted by atomic mass is 9.95. The van der Waals surface area contributed by atoms with E-state index in [1.807, 2.05) is 0 Å². The minimum Gasteiger partial charge on any atom is -0.388 e. The lowest BCUT2D eigenvalue weighted by molar-refractivity contribution is -0.305. The van der Waals surface area contributed by atoms with Crippen LogP contribution in [0.2, 0.25) is 0 Å². The van der Waals surface area contributed by atoms with Gasteiger partial charge in [0, 0.05) is 7.11 Å². The summed E-state index contributed by atoms with van der Waals surface area (Å²) in [6.07, 6.45) is -9.21. The third kappa shape index (κ3) is 4.43. The van der Waals surface area contributed by atoms with Gasteiger partial charge in [-0.2, -0.15) is 0 Å². The molecule has 0 radical (unpaired) electrons. The predicted octanol–water partition coefficient (Wildman–Crippen LogP) is -3.09. The molecule has 19 heavy (non-hydrogen) atoms. The van der Waals surface area contributed by atoms with Crippen LogP contribution in [-0.2, 0) is 18.6 Å². The lowest BCUT2D eigenvalue weighted by Crippen LogP contribution is -2.61. The predicted molar refractivity (Wildman–Crippen MR) is 57.7 cm³/mol. The van der Waals surface area contributed by atoms with Crippen molar-refractivity contribution < 1.29 is 48.8 Å². The van der Waals surface area contributed by atoms with Crippen molar-refractivity contribution in [3.8, 4) is 0 Å². The molecule has 1 rings (SSSR count). The van der Waals surface area contributed by atoms with Gasteiger partial charge in [-0.25, -0.2) is 4.57 Å². The second-order valence-corrected chi connectivity index (χ2v) is 5.27. The van der Waals surface area contributed by atoms with E-state index in [0.717, 1.165) is 0 Å². The van der Waals surface area contributed by atoms with Crippen LogP contribution in [-0.4, -0.2) is 80.7 Å². The van der Waals surface area contributed by atoms with Gasteiger partial charge in [0.15, 0.2) is 6.29 Å². The summed E-state index contributed by atoms with van der Waals surface area (Å²) in [6, 6.07) is 0. The number of methoxy groups -OCH3 is 1. The van der Waals surface area contributed by atoms with E-state index in [1.165, 1.54) is 7.11 Å². The van der Waals surface area contributed by atoms with E-state index in [2.05, 4.69) is 4.52 Å². The van der Waals surface area contributed by atoms with E-state index >= 15 is 0 Å². The second-order valence-electron chi connectivity index (χ2n) is 4.03. The molecule has 0 amide bonds. The Bertz CT molecular complexity index is 329. The van der Waals surface area contributed by atoms with Crippen molar-refractivity contribution in [2.75, 3.05) is 13.7 Å². The summed E-state index contributed by atoms with van der Waals surface area (Å²) < 4.78 is 24.2. The van der Waals surface area contributed by atoms with Crippen LogP contribution in [0, 0.1) is 0 Å². The maximum Gasteiger partial charge on any atom is 0.469 e. The van der Waals surface area contributed by atoms with Crippen molar-refractivity contribution in [2.24, 2.45) is 0 Å². The fourth-order valence-corrected chi connectivity index (χ4v) is 2.00. The van der Waals surface area contributed by atoms with Crippen molar-refractivity contribution in [2.45, 2.75) is 36.8 Å². The Labute approximate surface area is 108 Å². The molecular weight excluding hydrogens is 287 g/mol. The largest absolute Gasteiger partial charge is 0.469 e. The Hall–Kier alpha value is -0.130. The Kier molecular flexibility index (Phi) is 5.83. The number of aliphatic hydroxyl groups excluding tert-OH is 4. The molecule has 6 unspecified atom stereocenters. The number of phosphoric ester groups is 1. The highest BCUT2D eigenvalue weighted by molar-refractivity contribution is 7.46. The van der Waals surface area contributed by atoms with Crippen LogP contribution in [0.3, 0.4) is 0 Å². The second kappa shape index (κ2) is 6.55. The summed E-state index contributed by atoms with van der Waals surface area (Å²) in [5.41, 5.74) is 0. The zero-order valence-corrected chi connectivity index (χ0v) is 10.8. The molecule has 6 atom stereocenters. The molecule has 0 bridgehead atoms. The highest BCUT2D eigenvalue weighted by Gasteiger charge is 2.46. The van der Waals surface area contributed by atoms with Gasteiger partial charge in [0.25, 0.3) is 0 Å². The smallest absolute Gasteiger partial charge is 0.388 e. The quantitative estimate of drug-likeness (QED) is 0.286. The fraction of sp³-hybridized carbons (Fsp3) is 1.00. The van der Waals surface area contributed by atoms with Crippen LogP contribution in [0.25, 0.3) is 0 Å². The molecule has 0 aromatic rings. The summed E-state index contributed by atoms with van der Waals surface area (Å²) in [6.45, 7) is -0.828. The van der Waals surface area contributed by atoms with Crippen molar-refractivity contribution in [1.82, 2.24) is 0 Å². The monoisotopic (exact) mass is 304 g/mol. The van der Waals surface area contributed by atoms with Crippen LogP contribution in [0.1, 0.15) is 0 Å². The molecule has 0 aromatic heterocycles. The first-order valence-corrected chi connectivity index (χ1v) is 6.81. The third-order valence-electron chi connectivity index (χ3n) is 2.63. The topological polar surface area (TPSA) is 166 Å². The Morgan fingerprint density at radius 1 is 1.21 bits per heavy atom. The maximum atomic E-state index is 10.5. The number of ether oxygens (including phenoxy) is 2. The SMILES string of the molecule is COC1OC(C(O)COP(=O)(O)O)C(O)C(O)C1O. The molecule has 0 aliphatic carbocycles. The summed E-state index contributed by atoms with van der Waals surface area (Å²) in [4.78, 5) is 17.0. The van der Waals surface area contributed by atoms with E-state index in [9.17, 15) is 25.0 Å². The molecule has 0 spiro atoms. The van der Waals surface area contributed by atoms with E-state index in [4.69, 9.17) is 19.3 Å². The van der Waals surface area contributed by atoms with Gasteiger partial charge in [0.1, 0.15) is 30.5 Å². The molecule has 1 heterocycles. The standard InChI is InChI=1S/C8H17O10P/c1-16-8-6(12)4(10)5(11)7(18-8)3(9)2-17-19(13,14)15/h3-12H,2H2,1H3,(H2,13,14,15). The zero-order chi connectivity index (χ0) is 14.8. The van der Waals surface area contributed by atoms with Gasteiger partial charge in [-0.3, -0.25) is 4.52 Å². The molecule has 6 N–H and O–H groups in total. The van der Waals surface area contributed by atoms with Crippen LogP contribution < -0.4 is 0 Å². The molecule has 1 saturated heterocycles.